The predicted octanol–water partition coefficient (Wildman–Crippen LogP) is 5.25. The smallest absolute Gasteiger partial charge is 0.0186 e. The van der Waals surface area contributed by atoms with E-state index < -0.39 is 48.4 Å². The summed E-state index contributed by atoms with van der Waals surface area (Å²) >= 11 is -0.760. The molecule has 0 radical (unpaired) electrons. The summed E-state index contributed by atoms with van der Waals surface area (Å²) in [4.78, 5) is 33.8. The molecule has 14 heteroatoms. The van der Waals surface area contributed by atoms with Crippen molar-refractivity contribution in [1.82, 2.24) is 14.7 Å². The Labute approximate surface area is 305 Å². The topological polar surface area (TPSA) is 133 Å². The summed E-state index contributed by atoms with van der Waals surface area (Å²) in [6.07, 6.45) is 0.542. The van der Waals surface area contributed by atoms with Crippen LogP contribution in [0, 0.1) is 11.3 Å². The first-order chi connectivity index (χ1) is 24.3. The summed E-state index contributed by atoms with van der Waals surface area (Å²) in [5.74, 6) is 0.0141. The molecule has 0 bridgehead atoms. The molecule has 5 rings (SSSR count). The predicted molar refractivity (Wildman–Crippen MR) is 196 cm³/mol. The Kier molecular flexibility index (Phi) is 11.7. The van der Waals surface area contributed by atoms with Crippen molar-refractivity contribution in [2.24, 2.45) is 0 Å². The number of sulfonamides is 1. The molecular weight excluding hydrogens is 733 g/mol. The number of amides is 2. The number of carbonyl (C=O) groups excluding carboxylic acids is 2. The van der Waals surface area contributed by atoms with Crippen molar-refractivity contribution in [3.63, 3.8) is 0 Å². The van der Waals surface area contributed by atoms with Crippen molar-refractivity contribution in [3.8, 4) is 17.6 Å². The van der Waals surface area contributed by atoms with E-state index in [2.05, 4.69) is 29.4 Å². The second kappa shape index (κ2) is 15.7. The molecule has 3 aromatic carbocycles. The molecule has 2 aliphatic rings. The summed E-state index contributed by atoms with van der Waals surface area (Å²) in [5.41, 5.74) is 4.72. The molecule has 1 fully saturated rings. The van der Waals surface area contributed by atoms with E-state index in [4.69, 9.17) is 14.2 Å². The first kappa shape index (κ1) is 38.2. The van der Waals surface area contributed by atoms with E-state index in [1.165, 1.54) is 60.7 Å². The molecule has 2 atom stereocenters. The maximum atomic E-state index is 15.6. The third kappa shape index (κ3) is 7.33. The van der Waals surface area contributed by atoms with Crippen molar-refractivity contribution < 1.29 is 32.2 Å². The van der Waals surface area contributed by atoms with Crippen molar-refractivity contribution >= 4 is 42.4 Å². The van der Waals surface area contributed by atoms with Gasteiger partial charge >= 0.3 is 211 Å². The van der Waals surface area contributed by atoms with Gasteiger partial charge in [-0.15, -0.1) is 0 Å². The van der Waals surface area contributed by atoms with E-state index in [1.54, 1.807) is 31.1 Å². The van der Waals surface area contributed by atoms with E-state index in [-0.39, 0.29) is 28.3 Å². The van der Waals surface area contributed by atoms with E-state index in [0.29, 0.717) is 36.4 Å². The number of rotatable bonds is 13. The average molecular weight is 780 g/mol. The number of hydrogen-bond acceptors (Lipinski definition) is 10. The fraction of sp³-hybridized carbons (Fsp3) is 0.432. The summed E-state index contributed by atoms with van der Waals surface area (Å²) < 4.78 is 47.2. The standard InChI is InChI=1S/C37H46AsN5O7S/c1-38(2)19-9-20-41(5)25-27-12-18-33(49-7)31(23-27)37(42-21-8-10-34(42)50-36(45)40(3)4)30-22-26(24-39)11-17-32(30)43(35(37)44)51(46,47)29-15-13-28(48-6)14-16-29/h11-18,22-23,34H,8-10,19-21,25H2,1-7H3/t34-,37?/m0/s1. The van der Waals surface area contributed by atoms with Gasteiger partial charge in [-0.1, -0.05) is 0 Å². The van der Waals surface area contributed by atoms with Crippen LogP contribution in [0.25, 0.3) is 0 Å². The van der Waals surface area contributed by atoms with Gasteiger partial charge < -0.3 is 9.64 Å². The van der Waals surface area contributed by atoms with Gasteiger partial charge in [0, 0.05) is 14.1 Å². The molecule has 51 heavy (non-hydrogen) atoms. The van der Waals surface area contributed by atoms with Crippen LogP contribution in [0.2, 0.25) is 16.6 Å². The number of anilines is 1. The maximum absolute atomic E-state index is 15.6. The summed E-state index contributed by atoms with van der Waals surface area (Å²) in [7, 11) is 3.66. The Hall–Kier alpha value is -4.08. The van der Waals surface area contributed by atoms with Crippen molar-refractivity contribution in [3.05, 3.63) is 82.9 Å². The average Bonchev–Trinajstić information content (AvgIpc) is 3.67. The zero-order valence-corrected chi connectivity index (χ0v) is 32.9. The van der Waals surface area contributed by atoms with Gasteiger partial charge in [-0.2, -0.15) is 5.26 Å². The first-order valence-corrected chi connectivity index (χ1v) is 23.2. The second-order valence-electron chi connectivity index (χ2n) is 13.3. The monoisotopic (exact) mass is 779 g/mol. The minimum atomic E-state index is -4.52. The van der Waals surface area contributed by atoms with Gasteiger partial charge in [0.2, 0.25) is 0 Å². The fourth-order valence-corrected chi connectivity index (χ4v) is 9.96. The van der Waals surface area contributed by atoms with Crippen LogP contribution in [0.5, 0.6) is 11.5 Å². The maximum Gasteiger partial charge on any atom is -0.0186 e. The zero-order chi connectivity index (χ0) is 37.1. The van der Waals surface area contributed by atoms with E-state index >= 15 is 4.79 Å². The molecule has 2 amide bonds. The molecule has 3 aromatic rings. The zero-order valence-electron chi connectivity index (χ0n) is 30.2. The number of nitriles is 1. The molecule has 2 heterocycles. The first-order valence-electron chi connectivity index (χ1n) is 16.7. The van der Waals surface area contributed by atoms with E-state index in [9.17, 15) is 18.5 Å². The minimum absolute atomic E-state index is 0.0991. The molecule has 0 N–H and O–H groups in total. The third-order valence-electron chi connectivity index (χ3n) is 9.31. The Bertz CT molecular complexity index is 1910. The van der Waals surface area contributed by atoms with Crippen LogP contribution in [0.3, 0.4) is 0 Å². The van der Waals surface area contributed by atoms with Gasteiger partial charge in [0.05, 0.1) is 18.1 Å². The molecule has 0 spiro atoms. The number of methoxy groups -OCH3 is 2. The Morgan fingerprint density at radius 2 is 1.75 bits per heavy atom. The van der Waals surface area contributed by atoms with Gasteiger partial charge in [-0.3, -0.25) is 0 Å². The molecule has 0 saturated carbocycles. The minimum Gasteiger partial charge on any atom is -0.0379 e. The van der Waals surface area contributed by atoms with Gasteiger partial charge in [-0.25, -0.2) is 13.2 Å². The largest absolute Gasteiger partial charge is 0.0379 e. The SMILES string of the molecule is COc1ccc(S(=O)(=O)N2C(=O)C(c3cc(CN(C)CCC[As](C)C)ccc3OC)(N3CCC[C@@H]3OC(=O)N(C)C)c3cc(C#N)ccc32)cc1. The van der Waals surface area contributed by atoms with E-state index in [0.717, 1.165) is 22.8 Å². The van der Waals surface area contributed by atoms with Crippen LogP contribution in [0.4, 0.5) is 10.5 Å². The van der Waals surface area contributed by atoms with Crippen LogP contribution in [0.15, 0.2) is 65.6 Å². The van der Waals surface area contributed by atoms with Gasteiger partial charge in [0.1, 0.15) is 5.75 Å². The Morgan fingerprint density at radius 3 is 2.37 bits per heavy atom. The molecule has 1 saturated heterocycles. The summed E-state index contributed by atoms with van der Waals surface area (Å²) in [6.45, 7) is 1.76. The van der Waals surface area contributed by atoms with Crippen LogP contribution in [-0.2, 0) is 31.6 Å². The number of ether oxygens (including phenoxy) is 3. The Balaban J connectivity index is 1.77. The number of hydrogen-bond donors (Lipinski definition) is 0. The van der Waals surface area contributed by atoms with Crippen LogP contribution in [0.1, 0.15) is 41.5 Å². The van der Waals surface area contributed by atoms with Gasteiger partial charge in [0.15, 0.2) is 0 Å². The normalized spacial score (nSPS) is 18.9. The number of fused-ring (bicyclic) bond motifs is 1. The van der Waals surface area contributed by atoms with Crippen molar-refractivity contribution in [1.29, 1.82) is 5.26 Å². The van der Waals surface area contributed by atoms with E-state index in [1.807, 2.05) is 12.1 Å². The van der Waals surface area contributed by atoms with Crippen LogP contribution < -0.4 is 13.8 Å². The molecule has 12 nitrogen and oxygen atoms in total. The quantitative estimate of drug-likeness (QED) is 0.212. The molecule has 1 unspecified atom stereocenters. The molecule has 2 aliphatic heterocycles. The van der Waals surface area contributed by atoms with Crippen LogP contribution in [-0.4, -0.2) is 104 Å². The molecule has 272 valence electrons. The number of benzene rings is 3. The van der Waals surface area contributed by atoms with Gasteiger partial charge in [-0.05, 0) is 30.3 Å². The molecule has 0 aromatic heterocycles. The second-order valence-corrected chi connectivity index (χ2v) is 20.6. The molecular formula is C37H46AsN5O7S. The fourth-order valence-electron chi connectivity index (χ4n) is 6.88. The third-order valence-corrected chi connectivity index (χ3v) is 13.6. The van der Waals surface area contributed by atoms with Crippen LogP contribution >= 0.6 is 0 Å². The number of nitrogens with zero attached hydrogens (tertiary/aromatic N) is 5. The molecule has 0 aliphatic carbocycles. The summed E-state index contributed by atoms with van der Waals surface area (Å²) in [6, 6.07) is 18.2. The van der Waals surface area contributed by atoms with Crippen molar-refractivity contribution in [2.45, 2.75) is 59.1 Å². The van der Waals surface area contributed by atoms with Crippen molar-refractivity contribution in [2.75, 3.05) is 52.8 Å². The summed E-state index contributed by atoms with van der Waals surface area (Å²) in [5, 5.41) is 11.3. The van der Waals surface area contributed by atoms with Gasteiger partial charge in [0.25, 0.3) is 0 Å². The number of likely N-dealkylation sites (tertiary alicyclic amines) is 1. The number of carbonyl (C=O) groups is 2. The Morgan fingerprint density at radius 1 is 1.02 bits per heavy atom.